The molecule has 2 aliphatic carbocycles. The van der Waals surface area contributed by atoms with Crippen LogP contribution in [0.2, 0.25) is 0 Å². The molecule has 0 unspecified atom stereocenters. The Morgan fingerprint density at radius 1 is 0.778 bits per heavy atom. The minimum absolute atomic E-state index is 1.07. The van der Waals surface area contributed by atoms with E-state index in [1.165, 1.54) is 38.5 Å². The van der Waals surface area contributed by atoms with Gasteiger partial charge in [0.15, 0.2) is 0 Å². The second-order valence-corrected chi connectivity index (χ2v) is 4.85. The van der Waals surface area contributed by atoms with Gasteiger partial charge in [0.1, 0.15) is 0 Å². The number of rotatable bonds is 2. The molecule has 52 valence electrons. The van der Waals surface area contributed by atoms with E-state index in [1.54, 1.807) is 0 Å². The Labute approximate surface area is 61.4 Å². The summed E-state index contributed by atoms with van der Waals surface area (Å²) >= 11 is 2.27. The van der Waals surface area contributed by atoms with Gasteiger partial charge in [0, 0.05) is 10.5 Å². The Hall–Kier alpha value is 0.350. The average Bonchev–Trinajstić information content (AvgIpc) is 2.46. The average molecular weight is 142 g/mol. The van der Waals surface area contributed by atoms with Crippen molar-refractivity contribution in [1.29, 1.82) is 0 Å². The molecule has 2 aliphatic rings. The second kappa shape index (κ2) is 2.53. The molecule has 0 aliphatic heterocycles. The molecule has 0 aromatic carbocycles. The van der Waals surface area contributed by atoms with Gasteiger partial charge in [-0.1, -0.05) is 12.8 Å². The van der Waals surface area contributed by atoms with Crippen LogP contribution in [0.5, 0.6) is 0 Å². The van der Waals surface area contributed by atoms with Gasteiger partial charge in [0.05, 0.1) is 0 Å². The van der Waals surface area contributed by atoms with Gasteiger partial charge >= 0.3 is 0 Å². The van der Waals surface area contributed by atoms with E-state index in [-0.39, 0.29) is 0 Å². The Morgan fingerprint density at radius 3 is 1.89 bits per heavy atom. The molecule has 2 fully saturated rings. The largest absolute Gasteiger partial charge is 0.155 e. The van der Waals surface area contributed by atoms with Crippen LogP contribution < -0.4 is 0 Å². The van der Waals surface area contributed by atoms with Gasteiger partial charge < -0.3 is 0 Å². The van der Waals surface area contributed by atoms with Crippen LogP contribution in [0.3, 0.4) is 0 Å². The maximum atomic E-state index is 2.27. The molecule has 9 heavy (non-hydrogen) atoms. The highest BCUT2D eigenvalue weighted by molar-refractivity contribution is 8.00. The lowest BCUT2D eigenvalue weighted by Gasteiger charge is -2.05. The van der Waals surface area contributed by atoms with E-state index in [4.69, 9.17) is 0 Å². The third-order valence-electron chi connectivity index (χ3n) is 2.21. The second-order valence-electron chi connectivity index (χ2n) is 3.24. The molecule has 0 atom stereocenters. The van der Waals surface area contributed by atoms with Crippen molar-refractivity contribution in [3.8, 4) is 0 Å². The molecule has 0 nitrogen and oxygen atoms in total. The normalized spacial score (nSPS) is 29.3. The molecule has 2 rings (SSSR count). The first-order valence-corrected chi connectivity index (χ1v) is 5.05. The fourth-order valence-electron chi connectivity index (χ4n) is 1.50. The summed E-state index contributed by atoms with van der Waals surface area (Å²) in [5.74, 6) is 0. The quantitative estimate of drug-likeness (QED) is 0.571. The zero-order chi connectivity index (χ0) is 6.10. The van der Waals surface area contributed by atoms with Crippen LogP contribution in [0.15, 0.2) is 0 Å². The summed E-state index contributed by atoms with van der Waals surface area (Å²) in [5.41, 5.74) is 0. The zero-order valence-corrected chi connectivity index (χ0v) is 6.62. The molecule has 0 bridgehead atoms. The lowest BCUT2D eigenvalue weighted by Crippen LogP contribution is -1.94. The molecule has 0 spiro atoms. The summed E-state index contributed by atoms with van der Waals surface area (Å²) in [5, 5.41) is 2.16. The van der Waals surface area contributed by atoms with Crippen molar-refractivity contribution < 1.29 is 0 Å². The van der Waals surface area contributed by atoms with Gasteiger partial charge in [0.2, 0.25) is 0 Å². The molecule has 0 heterocycles. The Kier molecular flexibility index (Phi) is 1.71. The smallest absolute Gasteiger partial charge is 0.00506 e. The standard InChI is InChI=1S/C8H14S/c1-2-4-7(3-1)9-8-5-6-8/h7-8H,1-6H2. The molecule has 2 saturated carbocycles. The van der Waals surface area contributed by atoms with Crippen molar-refractivity contribution in [2.24, 2.45) is 0 Å². The topological polar surface area (TPSA) is 0 Å². The summed E-state index contributed by atoms with van der Waals surface area (Å²) in [4.78, 5) is 0. The highest BCUT2D eigenvalue weighted by Crippen LogP contribution is 2.41. The fraction of sp³-hybridized carbons (Fsp3) is 1.00. The van der Waals surface area contributed by atoms with Crippen LogP contribution in [0.4, 0.5) is 0 Å². The van der Waals surface area contributed by atoms with Crippen LogP contribution >= 0.6 is 11.8 Å². The SMILES string of the molecule is C1CCC(SC2CC2)C1. The summed E-state index contributed by atoms with van der Waals surface area (Å²) in [6, 6.07) is 0. The van der Waals surface area contributed by atoms with Gasteiger partial charge in [-0.2, -0.15) is 11.8 Å². The lowest BCUT2D eigenvalue weighted by molar-refractivity contribution is 0.886. The summed E-state index contributed by atoms with van der Waals surface area (Å²) in [7, 11) is 0. The Morgan fingerprint density at radius 2 is 1.33 bits per heavy atom. The highest BCUT2D eigenvalue weighted by Gasteiger charge is 2.27. The van der Waals surface area contributed by atoms with Crippen molar-refractivity contribution in [1.82, 2.24) is 0 Å². The van der Waals surface area contributed by atoms with E-state index in [1.807, 2.05) is 0 Å². The molecule has 0 N–H and O–H groups in total. The van der Waals surface area contributed by atoms with E-state index in [0.29, 0.717) is 0 Å². The third kappa shape index (κ3) is 1.64. The molecule has 0 amide bonds. The lowest BCUT2D eigenvalue weighted by atomic mass is 10.4. The fourth-order valence-corrected chi connectivity index (χ4v) is 3.06. The molecule has 1 heteroatoms. The van der Waals surface area contributed by atoms with E-state index in [0.717, 1.165) is 10.5 Å². The van der Waals surface area contributed by atoms with Gasteiger partial charge in [-0.15, -0.1) is 0 Å². The predicted octanol–water partition coefficient (Wildman–Crippen LogP) is 2.82. The zero-order valence-electron chi connectivity index (χ0n) is 5.81. The molecular formula is C8H14S. The first-order chi connectivity index (χ1) is 4.45. The Balaban J connectivity index is 1.70. The van der Waals surface area contributed by atoms with Gasteiger partial charge in [-0.3, -0.25) is 0 Å². The van der Waals surface area contributed by atoms with E-state index >= 15 is 0 Å². The van der Waals surface area contributed by atoms with Crippen LogP contribution in [0.1, 0.15) is 38.5 Å². The third-order valence-corrected chi connectivity index (χ3v) is 3.92. The summed E-state index contributed by atoms with van der Waals surface area (Å²) in [6.07, 6.45) is 9.07. The highest BCUT2D eigenvalue weighted by atomic mass is 32.2. The van der Waals surface area contributed by atoms with Crippen molar-refractivity contribution >= 4 is 11.8 Å². The summed E-state index contributed by atoms with van der Waals surface area (Å²) < 4.78 is 0. The van der Waals surface area contributed by atoms with Gasteiger partial charge in [-0.05, 0) is 25.7 Å². The minimum atomic E-state index is 1.07. The van der Waals surface area contributed by atoms with Gasteiger partial charge in [-0.25, -0.2) is 0 Å². The molecule has 0 aromatic heterocycles. The molecular weight excluding hydrogens is 128 g/mol. The monoisotopic (exact) mass is 142 g/mol. The maximum absolute atomic E-state index is 2.27. The van der Waals surface area contributed by atoms with E-state index in [9.17, 15) is 0 Å². The van der Waals surface area contributed by atoms with Crippen molar-refractivity contribution in [2.75, 3.05) is 0 Å². The number of hydrogen-bond donors (Lipinski definition) is 0. The number of thioether (sulfide) groups is 1. The molecule has 0 saturated heterocycles. The first kappa shape index (κ1) is 6.09. The maximum Gasteiger partial charge on any atom is 0.00506 e. The molecule has 0 radical (unpaired) electrons. The van der Waals surface area contributed by atoms with Crippen LogP contribution in [-0.4, -0.2) is 10.5 Å². The predicted molar refractivity (Wildman–Crippen MR) is 42.9 cm³/mol. The minimum Gasteiger partial charge on any atom is -0.155 e. The number of hydrogen-bond acceptors (Lipinski definition) is 1. The van der Waals surface area contributed by atoms with E-state index < -0.39 is 0 Å². The van der Waals surface area contributed by atoms with Crippen molar-refractivity contribution in [2.45, 2.75) is 49.0 Å². The van der Waals surface area contributed by atoms with Crippen LogP contribution in [0.25, 0.3) is 0 Å². The van der Waals surface area contributed by atoms with Crippen LogP contribution in [0, 0.1) is 0 Å². The molecule has 0 aromatic rings. The summed E-state index contributed by atoms with van der Waals surface area (Å²) in [6.45, 7) is 0. The van der Waals surface area contributed by atoms with E-state index in [2.05, 4.69) is 11.8 Å². The van der Waals surface area contributed by atoms with Crippen molar-refractivity contribution in [3.05, 3.63) is 0 Å². The van der Waals surface area contributed by atoms with Gasteiger partial charge in [0.25, 0.3) is 0 Å². The Bertz CT molecular complexity index is 90.7. The van der Waals surface area contributed by atoms with Crippen LogP contribution in [-0.2, 0) is 0 Å². The van der Waals surface area contributed by atoms with Crippen molar-refractivity contribution in [3.63, 3.8) is 0 Å². The first-order valence-electron chi connectivity index (χ1n) is 4.10.